The Balaban J connectivity index is 1.14. The van der Waals surface area contributed by atoms with E-state index in [1.165, 1.54) is 26.0 Å². The zero-order valence-electron chi connectivity index (χ0n) is 57.4. The quantitative estimate of drug-likeness (QED) is 0.0695. The second-order valence-corrected chi connectivity index (χ2v) is 28.1. The minimum absolute atomic E-state index is 0.143. The van der Waals surface area contributed by atoms with Gasteiger partial charge in [-0.25, -0.2) is 4.79 Å². The van der Waals surface area contributed by atoms with Crippen LogP contribution in [0.5, 0.6) is 46.0 Å². The van der Waals surface area contributed by atoms with E-state index in [1.54, 1.807) is 18.2 Å². The molecule has 7 aliphatic heterocycles. The number of aliphatic hydroxyl groups is 6. The number of nitrogens with one attached hydrogen (secondary N) is 7. The first-order valence-electron chi connectivity index (χ1n) is 33.7. The normalized spacial score (nSPS) is 28.4. The number of carboxylic acid groups (broad SMARTS) is 1. The molecule has 6 aromatic carbocycles. The lowest BCUT2D eigenvalue weighted by atomic mass is 9.86. The van der Waals surface area contributed by atoms with Crippen LogP contribution in [0.25, 0.3) is 11.1 Å². The smallest absolute Gasteiger partial charge is 0.330 e. The number of carbonyl (C=O) groups is 8. The van der Waals surface area contributed by atoms with Crippen LogP contribution in [0.4, 0.5) is 0 Å². The van der Waals surface area contributed by atoms with Crippen LogP contribution in [0, 0.1) is 5.92 Å². The maximum atomic E-state index is 16.1. The van der Waals surface area contributed by atoms with Gasteiger partial charge in [0.15, 0.2) is 29.9 Å². The number of carboxylic acids is 1. The first kappa shape index (κ1) is 78.1. The van der Waals surface area contributed by atoms with Crippen LogP contribution in [-0.2, 0) is 59.1 Å². The van der Waals surface area contributed by atoms with E-state index < -0.39 is 237 Å². The maximum Gasteiger partial charge on any atom is 0.330 e. The summed E-state index contributed by atoms with van der Waals surface area (Å²) in [5, 5.41) is 132. The summed E-state index contributed by atoms with van der Waals surface area (Å²) in [7, 11) is 0. The van der Waals surface area contributed by atoms with Crippen LogP contribution in [0.2, 0.25) is 10.0 Å². The lowest BCUT2D eigenvalue weighted by Crippen LogP contribution is -2.64. The molecule has 35 heteroatoms. The first-order chi connectivity index (χ1) is 50.7. The van der Waals surface area contributed by atoms with Crippen LogP contribution in [0.15, 0.2) is 109 Å². The molecular weight excluding hydrogens is 1450 g/mol. The van der Waals surface area contributed by atoms with E-state index in [-0.39, 0.29) is 52.8 Å². The van der Waals surface area contributed by atoms with Crippen molar-refractivity contribution in [2.24, 2.45) is 17.4 Å². The van der Waals surface area contributed by atoms with Gasteiger partial charge in [-0.05, 0) is 109 Å². The second kappa shape index (κ2) is 32.2. The zero-order chi connectivity index (χ0) is 77.4. The lowest BCUT2D eigenvalue weighted by molar-refractivity contribution is -0.333. The molecule has 18 atom stereocenters. The number of aromatic hydroxyl groups is 3. The first-order valence-corrected chi connectivity index (χ1v) is 34.5. The molecule has 7 amide bonds. The van der Waals surface area contributed by atoms with E-state index >= 15 is 19.2 Å². The molecule has 0 unspecified atom stereocenters. The number of aliphatic carboxylic acids is 1. The number of hydrogen-bond acceptors (Lipinski definition) is 25. The lowest BCUT2D eigenvalue weighted by Gasteiger charge is -2.47. The highest BCUT2D eigenvalue weighted by Crippen LogP contribution is 2.50. The van der Waals surface area contributed by atoms with E-state index in [2.05, 4.69) is 37.2 Å². The maximum absolute atomic E-state index is 16.1. The molecule has 7 aliphatic rings. The number of phenolic OH excluding ortho intramolecular Hbond substituents is 3. The number of phenols is 3. The van der Waals surface area contributed by atoms with Gasteiger partial charge in [0.2, 0.25) is 53.4 Å². The van der Waals surface area contributed by atoms with Crippen molar-refractivity contribution in [1.82, 2.24) is 37.2 Å². The van der Waals surface area contributed by atoms with Gasteiger partial charge in [-0.3, -0.25) is 33.6 Å². The topological polar surface area (TPSA) is 530 Å². The summed E-state index contributed by atoms with van der Waals surface area (Å²) in [6, 6.07) is 8.20. The minimum Gasteiger partial charge on any atom is -0.508 e. The molecule has 0 aromatic heterocycles. The zero-order valence-corrected chi connectivity index (χ0v) is 58.9. The van der Waals surface area contributed by atoms with Gasteiger partial charge in [0, 0.05) is 41.3 Å². The highest BCUT2D eigenvalue weighted by molar-refractivity contribution is 6.32. The van der Waals surface area contributed by atoms with Crippen molar-refractivity contribution >= 4 is 70.5 Å². The summed E-state index contributed by atoms with van der Waals surface area (Å²) in [6.45, 7) is 5.86. The molecular formula is C72H79Cl2N9O24. The fraction of sp³-hybridized carbons (Fsp3) is 0.389. The molecule has 570 valence electrons. The molecule has 33 nitrogen and oxygen atoms in total. The predicted molar refractivity (Wildman–Crippen MR) is 374 cm³/mol. The fourth-order valence-electron chi connectivity index (χ4n) is 13.3. The van der Waals surface area contributed by atoms with Crippen LogP contribution in [-0.4, -0.2) is 184 Å². The van der Waals surface area contributed by atoms with Gasteiger partial charge >= 0.3 is 5.97 Å². The molecule has 2 fully saturated rings. The van der Waals surface area contributed by atoms with Gasteiger partial charge in [-0.1, -0.05) is 85.6 Å². The van der Waals surface area contributed by atoms with Crippen molar-refractivity contribution < 1.29 is 118 Å². The van der Waals surface area contributed by atoms with Gasteiger partial charge < -0.3 is 128 Å². The van der Waals surface area contributed by atoms with Crippen LogP contribution in [0.3, 0.4) is 0 Å². The molecule has 0 aliphatic carbocycles. The SMILES string of the molecule is CC(C)C[C@@H](NCc1ccccc1)C(=O)N[C@H]1C(=O)N[C@@H](CC(N)=O)C(=O)N[C@@H]2C(=O)N[C@H]3C(=O)N[C@H](C(=O)N[C@H](C(=O)O)c4cc(O)cc(O)c4-c4cc3ccc4O)[C@H](O)c3ccc(c(Cl)c3)Oc3cc2cc(c3O[C@@H]2O[C@H](CO)[C@@H](O)[C@H](O)[C@H]2O[C@H]2C[C@](C)(N)[C@H](O)[C@H](C)O2)Oc2ccc(cc2Cl)[C@H]1O. The summed E-state index contributed by atoms with van der Waals surface area (Å²) in [6.07, 6.45) is -18.7. The fourth-order valence-corrected chi connectivity index (χ4v) is 13.7. The largest absolute Gasteiger partial charge is 0.508 e. The van der Waals surface area contributed by atoms with Gasteiger partial charge in [-0.2, -0.15) is 0 Å². The molecule has 107 heavy (non-hydrogen) atoms. The molecule has 0 saturated carbocycles. The number of amides is 7. The molecule has 7 heterocycles. The Kier molecular flexibility index (Phi) is 23.5. The molecule has 11 bridgehead atoms. The number of primary amides is 1. The van der Waals surface area contributed by atoms with E-state index in [0.717, 1.165) is 72.3 Å². The summed E-state index contributed by atoms with van der Waals surface area (Å²) in [5.74, 6) is -16.1. The molecule has 13 rings (SSSR count). The molecule has 0 spiro atoms. The summed E-state index contributed by atoms with van der Waals surface area (Å²) in [5.41, 5.74) is 8.84. The monoisotopic (exact) mass is 1520 g/mol. The Morgan fingerprint density at radius 1 is 0.692 bits per heavy atom. The standard InChI is InChI=1S/C72H79Cl2N9O24/c1-28(2)16-40(77-26-30-8-6-5-7-9-30)64(94)82-55-57(89)32-11-14-44(38(73)18-32)103-46-20-34-21-47(61(46)107-71-62(60(92)59(91)48(27-84)105-71)106-50-25-72(4,76)63(93)29(3)102-50)104-45-15-12-33(19-39(45)74)58(90)56-69(99)81-54(70(100)101)37-22-35(85)23-43(87)51(37)36-17-31(10-13-42(36)86)52(66(96)83-56)80-67(97)53(34)79-65(95)41(24-49(75)88)78-68(55)98/h5-15,17-23,28-29,40-41,48,50,52-60,62-63,71,77,84-87,89-93H,16,24-27,76H2,1-4H3,(H2,75,88)(H,78,98)(H,79,95)(H,80,97)(H,81,99)(H,82,94)(H,83,96)(H,100,101)/t29-,40+,41-,48+,50-,52+,53-,54-,55+,56-,57+,58+,59+,60-,62+,63+,71-,72-/m0/s1. The Morgan fingerprint density at radius 3 is 1.92 bits per heavy atom. The number of carbonyl (C=O) groups excluding carboxylic acids is 7. The van der Waals surface area contributed by atoms with Crippen LogP contribution in [0.1, 0.15) is 111 Å². The Labute approximate surface area is 619 Å². The van der Waals surface area contributed by atoms with Gasteiger partial charge in [-0.15, -0.1) is 0 Å². The third kappa shape index (κ3) is 17.1. The molecule has 6 aromatic rings. The van der Waals surface area contributed by atoms with Crippen molar-refractivity contribution in [2.75, 3.05) is 6.61 Å². The van der Waals surface area contributed by atoms with Crippen LogP contribution < -0.4 is 62.9 Å². The van der Waals surface area contributed by atoms with Crippen molar-refractivity contribution in [2.45, 2.75) is 163 Å². The number of rotatable bonds is 15. The summed E-state index contributed by atoms with van der Waals surface area (Å²) >= 11 is 14.2. The number of aliphatic hydroxyl groups excluding tert-OH is 6. The molecule has 0 radical (unpaired) electrons. The van der Waals surface area contributed by atoms with Crippen molar-refractivity contribution in [1.29, 1.82) is 0 Å². The Bertz CT molecular complexity index is 4420. The molecule has 2 saturated heterocycles. The predicted octanol–water partition coefficient (Wildman–Crippen LogP) is 1.68. The number of fused-ring (bicyclic) bond motifs is 15. The van der Waals surface area contributed by atoms with Crippen molar-refractivity contribution in [3.63, 3.8) is 0 Å². The third-order valence-electron chi connectivity index (χ3n) is 18.8. The van der Waals surface area contributed by atoms with Crippen molar-refractivity contribution in [3.05, 3.63) is 153 Å². The van der Waals surface area contributed by atoms with E-state index in [0.29, 0.717) is 0 Å². The van der Waals surface area contributed by atoms with Crippen molar-refractivity contribution in [3.8, 4) is 57.1 Å². The van der Waals surface area contributed by atoms with E-state index in [1.807, 2.05) is 26.0 Å². The highest BCUT2D eigenvalue weighted by Gasteiger charge is 2.52. The number of hydrogen-bond donors (Lipinski definition) is 19. The minimum atomic E-state index is -2.36. The van der Waals surface area contributed by atoms with E-state index in [9.17, 15) is 70.2 Å². The second-order valence-electron chi connectivity index (χ2n) is 27.3. The summed E-state index contributed by atoms with van der Waals surface area (Å²) < 4.78 is 38.5. The van der Waals surface area contributed by atoms with Gasteiger partial charge in [0.05, 0.1) is 41.3 Å². The number of nitrogens with two attached hydrogens (primary N) is 2. The average molecular weight is 1530 g/mol. The molecule has 21 N–H and O–H groups in total. The number of ether oxygens (including phenoxy) is 6. The number of halogens is 2. The summed E-state index contributed by atoms with van der Waals surface area (Å²) in [4.78, 5) is 118. The average Bonchev–Trinajstić information content (AvgIpc) is 0.766. The van der Waals surface area contributed by atoms with Gasteiger partial charge in [0.1, 0.15) is 89.5 Å². The Morgan fingerprint density at radius 2 is 1.31 bits per heavy atom. The Hall–Kier alpha value is -9.98. The third-order valence-corrected chi connectivity index (χ3v) is 19.4. The highest BCUT2D eigenvalue weighted by atomic mass is 35.5. The van der Waals surface area contributed by atoms with Gasteiger partial charge in [0.25, 0.3) is 0 Å². The van der Waals surface area contributed by atoms with Crippen LogP contribution >= 0.6 is 23.2 Å². The number of benzene rings is 6. The van der Waals surface area contributed by atoms with E-state index in [4.69, 9.17) is 63.1 Å².